The lowest BCUT2D eigenvalue weighted by molar-refractivity contribution is 0.0523. The zero-order valence-electron chi connectivity index (χ0n) is 16.7. The van der Waals surface area contributed by atoms with E-state index in [0.717, 1.165) is 5.56 Å². The van der Waals surface area contributed by atoms with E-state index in [-0.39, 0.29) is 12.3 Å². The van der Waals surface area contributed by atoms with Crippen molar-refractivity contribution in [2.24, 2.45) is 10.8 Å². The van der Waals surface area contributed by atoms with E-state index in [4.69, 9.17) is 25.6 Å². The van der Waals surface area contributed by atoms with E-state index in [1.54, 1.807) is 58.0 Å². The first-order chi connectivity index (χ1) is 13.6. The smallest absolute Gasteiger partial charge is 0.407 e. The molecule has 1 aromatic heterocycles. The number of aromatic nitrogens is 1. The zero-order chi connectivity index (χ0) is 21.6. The first kappa shape index (κ1) is 21.4. The maximum atomic E-state index is 11.8. The van der Waals surface area contributed by atoms with E-state index >= 15 is 0 Å². The highest BCUT2D eigenvalue weighted by atomic mass is 16.6. The summed E-state index contributed by atoms with van der Waals surface area (Å²) in [4.78, 5) is 16.2. The lowest BCUT2D eigenvalue weighted by Gasteiger charge is -2.19. The Labute approximate surface area is 168 Å². The minimum atomic E-state index is -0.577. The van der Waals surface area contributed by atoms with E-state index < -0.39 is 17.5 Å². The van der Waals surface area contributed by atoms with Gasteiger partial charge in [0.2, 0.25) is 11.6 Å². The molecule has 0 atom stereocenters. The van der Waals surface area contributed by atoms with Gasteiger partial charge in [-0.2, -0.15) is 10.4 Å². The third kappa shape index (κ3) is 6.35. The van der Waals surface area contributed by atoms with Crippen molar-refractivity contribution in [2.75, 3.05) is 5.43 Å². The summed E-state index contributed by atoms with van der Waals surface area (Å²) in [6.45, 7) is 7.31. The highest BCUT2D eigenvalue weighted by molar-refractivity contribution is 6.45. The number of benzene rings is 1. The highest BCUT2D eigenvalue weighted by Gasteiger charge is 2.17. The second-order valence-corrected chi connectivity index (χ2v) is 7.05. The van der Waals surface area contributed by atoms with Crippen LogP contribution in [0.1, 0.15) is 32.2 Å². The number of hydrazone groups is 1. The quantitative estimate of drug-likeness (QED) is 0.331. The molecule has 0 fully saturated rings. The summed E-state index contributed by atoms with van der Waals surface area (Å²) in [7, 11) is 0. The van der Waals surface area contributed by atoms with Crippen molar-refractivity contribution in [1.29, 1.82) is 10.7 Å². The Morgan fingerprint density at radius 3 is 2.59 bits per heavy atom. The number of amides is 1. The molecule has 152 valence electrons. The van der Waals surface area contributed by atoms with Crippen LogP contribution in [0, 0.1) is 23.7 Å². The number of hydrogen-bond acceptors (Lipinski definition) is 8. The molecule has 0 aliphatic heterocycles. The number of anilines is 1. The molecular weight excluding hydrogens is 374 g/mol. The number of carbonyl (C=O) groups is 1. The fourth-order valence-electron chi connectivity index (χ4n) is 2.14. The maximum absolute atomic E-state index is 11.8. The Morgan fingerprint density at radius 1 is 1.38 bits per heavy atom. The summed E-state index contributed by atoms with van der Waals surface area (Å²) in [5.41, 5.74) is 9.02. The van der Waals surface area contributed by atoms with Gasteiger partial charge in [-0.3, -0.25) is 10.8 Å². The molecule has 0 bridgehead atoms. The van der Waals surface area contributed by atoms with E-state index in [1.807, 2.05) is 0 Å². The van der Waals surface area contributed by atoms with Gasteiger partial charge in [-0.1, -0.05) is 0 Å². The van der Waals surface area contributed by atoms with E-state index in [1.165, 1.54) is 0 Å². The number of nitrogens with two attached hydrogens (primary N) is 1. The first-order valence-corrected chi connectivity index (χ1v) is 8.71. The summed E-state index contributed by atoms with van der Waals surface area (Å²) in [6, 6.07) is 8.67. The Hall–Kier alpha value is -3.87. The SMILES string of the molecule is Cc1oc(-c2ccc(N/N=C(\C#N)C(=N)N)cc2)nc1CNC(=O)OC(C)(C)C. The lowest BCUT2D eigenvalue weighted by atomic mass is 10.2. The minimum Gasteiger partial charge on any atom is -0.444 e. The second kappa shape index (κ2) is 8.88. The van der Waals surface area contributed by atoms with Crippen molar-refractivity contribution >= 4 is 23.3 Å². The molecule has 2 aromatic rings. The number of nitriles is 1. The Kier molecular flexibility index (Phi) is 6.56. The van der Waals surface area contributed by atoms with Crippen molar-refractivity contribution in [1.82, 2.24) is 10.3 Å². The summed E-state index contributed by atoms with van der Waals surface area (Å²) in [5, 5.41) is 22.5. The summed E-state index contributed by atoms with van der Waals surface area (Å²) in [6.07, 6.45) is -0.528. The number of carbonyl (C=O) groups excluding carboxylic acids is 1. The predicted molar refractivity (Wildman–Crippen MR) is 108 cm³/mol. The average molecular weight is 397 g/mol. The van der Waals surface area contributed by atoms with Crippen LogP contribution in [-0.4, -0.2) is 28.2 Å². The topological polar surface area (TPSA) is 162 Å². The van der Waals surface area contributed by atoms with Crippen LogP contribution in [0.3, 0.4) is 0 Å². The maximum Gasteiger partial charge on any atom is 0.407 e. The van der Waals surface area contributed by atoms with Gasteiger partial charge in [0, 0.05) is 5.56 Å². The van der Waals surface area contributed by atoms with Crippen molar-refractivity contribution in [2.45, 2.75) is 39.8 Å². The fraction of sp³-hybridized carbons (Fsp3) is 0.316. The van der Waals surface area contributed by atoms with E-state index in [9.17, 15) is 4.79 Å². The van der Waals surface area contributed by atoms with Crippen LogP contribution >= 0.6 is 0 Å². The molecule has 0 saturated heterocycles. The number of nitrogens with zero attached hydrogens (tertiary/aromatic N) is 3. The van der Waals surface area contributed by atoms with Gasteiger partial charge >= 0.3 is 6.09 Å². The van der Waals surface area contributed by atoms with Crippen LogP contribution in [0.2, 0.25) is 0 Å². The number of oxazole rings is 1. The molecule has 0 unspecified atom stereocenters. The molecule has 0 radical (unpaired) electrons. The van der Waals surface area contributed by atoms with E-state index in [2.05, 4.69) is 20.8 Å². The van der Waals surface area contributed by atoms with Gasteiger partial charge in [0.1, 0.15) is 23.1 Å². The van der Waals surface area contributed by atoms with Gasteiger partial charge in [0.25, 0.3) is 0 Å². The average Bonchev–Trinajstić information content (AvgIpc) is 3.00. The van der Waals surface area contributed by atoms with Crippen LogP contribution < -0.4 is 16.5 Å². The number of rotatable bonds is 6. The first-order valence-electron chi connectivity index (χ1n) is 8.71. The largest absolute Gasteiger partial charge is 0.444 e. The number of amidine groups is 1. The standard InChI is InChI=1S/C19H23N7O3/c1-11-15(10-23-18(27)29-19(2,3)4)24-17(28-11)12-5-7-13(8-6-12)25-26-14(9-20)16(21)22/h5-8,25H,10H2,1-4H3,(H3,21,22)(H,23,27)/b26-14+. The molecule has 29 heavy (non-hydrogen) atoms. The van der Waals surface area contributed by atoms with Crippen molar-refractivity contribution in [3.05, 3.63) is 35.7 Å². The normalized spacial score (nSPS) is 11.5. The van der Waals surface area contributed by atoms with Gasteiger partial charge in [0.05, 0.1) is 12.2 Å². The molecule has 5 N–H and O–H groups in total. The minimum absolute atomic E-state index is 0.181. The third-order valence-corrected chi connectivity index (χ3v) is 3.48. The Bertz CT molecular complexity index is 963. The summed E-state index contributed by atoms with van der Waals surface area (Å²) in [5.74, 6) is 0.572. The molecule has 1 amide bonds. The third-order valence-electron chi connectivity index (χ3n) is 3.48. The molecule has 10 nitrogen and oxygen atoms in total. The van der Waals surface area contributed by atoms with Crippen LogP contribution in [0.5, 0.6) is 0 Å². The summed E-state index contributed by atoms with van der Waals surface area (Å²) < 4.78 is 10.9. The van der Waals surface area contributed by atoms with Gasteiger partial charge in [-0.15, -0.1) is 0 Å². The monoisotopic (exact) mass is 397 g/mol. The van der Waals surface area contributed by atoms with Gasteiger partial charge < -0.3 is 20.2 Å². The molecule has 0 saturated carbocycles. The molecule has 1 heterocycles. The number of ether oxygens (including phenoxy) is 1. The predicted octanol–water partition coefficient (Wildman–Crippen LogP) is 2.90. The number of alkyl carbamates (subject to hydrolysis) is 1. The number of hydrogen-bond donors (Lipinski definition) is 4. The molecule has 0 spiro atoms. The fourth-order valence-corrected chi connectivity index (χ4v) is 2.14. The lowest BCUT2D eigenvalue weighted by Crippen LogP contribution is -2.32. The molecular formula is C19H23N7O3. The van der Waals surface area contributed by atoms with Crippen LogP contribution in [0.4, 0.5) is 10.5 Å². The van der Waals surface area contributed by atoms with Crippen LogP contribution in [0.25, 0.3) is 11.5 Å². The van der Waals surface area contributed by atoms with Gasteiger partial charge in [-0.05, 0) is 52.0 Å². The molecule has 0 aliphatic carbocycles. The van der Waals surface area contributed by atoms with Crippen molar-refractivity contribution < 1.29 is 13.9 Å². The van der Waals surface area contributed by atoms with Gasteiger partial charge in [-0.25, -0.2) is 9.78 Å². The summed E-state index contributed by atoms with van der Waals surface area (Å²) >= 11 is 0. The van der Waals surface area contributed by atoms with Crippen molar-refractivity contribution in [3.8, 4) is 17.5 Å². The zero-order valence-corrected chi connectivity index (χ0v) is 16.7. The molecule has 2 rings (SSSR count). The van der Waals surface area contributed by atoms with Crippen molar-refractivity contribution in [3.63, 3.8) is 0 Å². The number of nitrogens with one attached hydrogen (secondary N) is 3. The van der Waals surface area contributed by atoms with Crippen LogP contribution in [-0.2, 0) is 11.3 Å². The van der Waals surface area contributed by atoms with Crippen LogP contribution in [0.15, 0.2) is 33.8 Å². The molecule has 0 aliphatic rings. The highest BCUT2D eigenvalue weighted by Crippen LogP contribution is 2.23. The van der Waals surface area contributed by atoms with E-state index in [0.29, 0.717) is 23.0 Å². The Morgan fingerprint density at radius 2 is 2.03 bits per heavy atom. The number of aryl methyl sites for hydroxylation is 1. The van der Waals surface area contributed by atoms with Gasteiger partial charge in [0.15, 0.2) is 5.84 Å². The second-order valence-electron chi connectivity index (χ2n) is 7.05. The molecule has 10 heteroatoms. The Balaban J connectivity index is 2.05. The molecule has 1 aromatic carbocycles.